The minimum absolute atomic E-state index is 0.387. The van der Waals surface area contributed by atoms with Gasteiger partial charge in [0.2, 0.25) is 0 Å². The van der Waals surface area contributed by atoms with E-state index in [0.717, 1.165) is 12.0 Å². The zero-order valence-electron chi connectivity index (χ0n) is 13.9. The molecule has 0 N–H and O–H groups in total. The molecule has 0 saturated heterocycles. The Bertz CT molecular complexity index is 847. The predicted octanol–water partition coefficient (Wildman–Crippen LogP) is 4.73. The summed E-state index contributed by atoms with van der Waals surface area (Å²) < 4.78 is 19.3. The van der Waals surface area contributed by atoms with Gasteiger partial charge < -0.3 is 4.74 Å². The zero-order valence-corrected chi connectivity index (χ0v) is 13.9. The van der Waals surface area contributed by atoms with Gasteiger partial charge >= 0.3 is 5.97 Å². The Hall–Kier alpha value is -3.01. The summed E-state index contributed by atoms with van der Waals surface area (Å²) in [5.41, 5.74) is 2.68. The SMILES string of the molecule is CCc1ccc(C(=O)OC(c2cccc(F)c2)c2ccccn2)cc1. The van der Waals surface area contributed by atoms with Crippen molar-refractivity contribution in [3.63, 3.8) is 0 Å². The van der Waals surface area contributed by atoms with Crippen molar-refractivity contribution in [3.8, 4) is 0 Å². The summed E-state index contributed by atoms with van der Waals surface area (Å²) in [6.07, 6.45) is 1.75. The average Bonchev–Trinajstić information content (AvgIpc) is 2.66. The van der Waals surface area contributed by atoms with E-state index in [1.807, 2.05) is 19.1 Å². The number of ether oxygens (including phenoxy) is 1. The fraction of sp³-hybridized carbons (Fsp3) is 0.143. The standard InChI is InChI=1S/C21H18FNO2/c1-2-15-9-11-16(12-10-15)21(24)25-20(19-8-3-4-13-23-19)17-6-5-7-18(22)14-17/h3-14,20H,2H2,1H3. The van der Waals surface area contributed by atoms with E-state index in [4.69, 9.17) is 4.74 Å². The lowest BCUT2D eigenvalue weighted by atomic mass is 10.1. The van der Waals surface area contributed by atoms with E-state index in [1.54, 1.807) is 48.7 Å². The molecule has 3 rings (SSSR count). The molecule has 2 aromatic carbocycles. The van der Waals surface area contributed by atoms with Crippen LogP contribution >= 0.6 is 0 Å². The number of benzene rings is 2. The molecule has 3 aromatic rings. The normalized spacial score (nSPS) is 11.8. The number of halogens is 1. The summed E-state index contributed by atoms with van der Waals surface area (Å²) >= 11 is 0. The predicted molar refractivity (Wildman–Crippen MR) is 93.7 cm³/mol. The van der Waals surface area contributed by atoms with E-state index >= 15 is 0 Å². The van der Waals surface area contributed by atoms with Gasteiger partial charge in [-0.2, -0.15) is 0 Å². The van der Waals surface area contributed by atoms with E-state index < -0.39 is 12.1 Å². The molecular weight excluding hydrogens is 317 g/mol. The van der Waals surface area contributed by atoms with Gasteiger partial charge in [-0.15, -0.1) is 0 Å². The Morgan fingerprint density at radius 3 is 2.52 bits per heavy atom. The third-order valence-corrected chi connectivity index (χ3v) is 3.93. The summed E-state index contributed by atoms with van der Waals surface area (Å²) in [6, 6.07) is 18.6. The number of hydrogen-bond donors (Lipinski definition) is 0. The fourth-order valence-electron chi connectivity index (χ4n) is 2.55. The minimum Gasteiger partial charge on any atom is -0.447 e. The molecule has 0 aliphatic carbocycles. The van der Waals surface area contributed by atoms with Crippen LogP contribution in [0.25, 0.3) is 0 Å². The molecule has 0 bridgehead atoms. The van der Waals surface area contributed by atoms with Crippen molar-refractivity contribution in [2.45, 2.75) is 19.4 Å². The average molecular weight is 335 g/mol. The zero-order chi connectivity index (χ0) is 17.6. The van der Waals surface area contributed by atoms with Crippen LogP contribution in [0.4, 0.5) is 4.39 Å². The molecule has 0 spiro atoms. The quantitative estimate of drug-likeness (QED) is 0.633. The topological polar surface area (TPSA) is 39.2 Å². The summed E-state index contributed by atoms with van der Waals surface area (Å²) in [6.45, 7) is 2.05. The smallest absolute Gasteiger partial charge is 0.339 e. The van der Waals surface area contributed by atoms with Crippen LogP contribution in [0.15, 0.2) is 72.9 Å². The Kier molecular flexibility index (Phi) is 5.19. The van der Waals surface area contributed by atoms with Crippen molar-refractivity contribution < 1.29 is 13.9 Å². The van der Waals surface area contributed by atoms with Crippen molar-refractivity contribution >= 4 is 5.97 Å². The van der Waals surface area contributed by atoms with Crippen LogP contribution in [0.1, 0.15) is 40.2 Å². The third kappa shape index (κ3) is 4.10. The monoisotopic (exact) mass is 335 g/mol. The van der Waals surface area contributed by atoms with Gasteiger partial charge in [0.15, 0.2) is 6.10 Å². The number of carbonyl (C=O) groups is 1. The molecule has 0 amide bonds. The maximum Gasteiger partial charge on any atom is 0.339 e. The highest BCUT2D eigenvalue weighted by Crippen LogP contribution is 2.26. The van der Waals surface area contributed by atoms with Crippen LogP contribution in [0.5, 0.6) is 0 Å². The van der Waals surface area contributed by atoms with Gasteiger partial charge in [-0.3, -0.25) is 4.98 Å². The van der Waals surface area contributed by atoms with Crippen molar-refractivity contribution in [1.82, 2.24) is 4.98 Å². The molecule has 1 heterocycles. The van der Waals surface area contributed by atoms with Crippen molar-refractivity contribution in [2.75, 3.05) is 0 Å². The van der Waals surface area contributed by atoms with Crippen LogP contribution in [0.2, 0.25) is 0 Å². The lowest BCUT2D eigenvalue weighted by Gasteiger charge is -2.18. The lowest BCUT2D eigenvalue weighted by molar-refractivity contribution is 0.0370. The van der Waals surface area contributed by atoms with Crippen LogP contribution in [-0.2, 0) is 11.2 Å². The summed E-state index contributed by atoms with van der Waals surface area (Å²) in [5, 5.41) is 0. The number of aryl methyl sites for hydroxylation is 1. The molecule has 1 aromatic heterocycles. The van der Waals surface area contributed by atoms with Crippen molar-refractivity contribution in [3.05, 3.63) is 101 Å². The molecular formula is C21H18FNO2. The molecule has 1 unspecified atom stereocenters. The molecule has 0 fully saturated rings. The lowest BCUT2D eigenvalue weighted by Crippen LogP contribution is -2.14. The van der Waals surface area contributed by atoms with Crippen LogP contribution < -0.4 is 0 Å². The molecule has 126 valence electrons. The molecule has 0 saturated carbocycles. The first-order valence-corrected chi connectivity index (χ1v) is 8.13. The van der Waals surface area contributed by atoms with Gasteiger partial charge in [-0.1, -0.05) is 37.3 Å². The first-order chi connectivity index (χ1) is 12.2. The molecule has 3 nitrogen and oxygen atoms in total. The van der Waals surface area contributed by atoms with Crippen LogP contribution in [0.3, 0.4) is 0 Å². The Labute approximate surface area is 146 Å². The number of nitrogens with zero attached hydrogens (tertiary/aromatic N) is 1. The number of hydrogen-bond acceptors (Lipinski definition) is 3. The summed E-state index contributed by atoms with van der Waals surface area (Å²) in [5.74, 6) is -0.857. The molecule has 25 heavy (non-hydrogen) atoms. The van der Waals surface area contributed by atoms with Gasteiger partial charge in [0.1, 0.15) is 5.82 Å². The van der Waals surface area contributed by atoms with E-state index in [1.165, 1.54) is 12.1 Å². The van der Waals surface area contributed by atoms with E-state index in [9.17, 15) is 9.18 Å². The fourth-order valence-corrected chi connectivity index (χ4v) is 2.55. The molecule has 0 aliphatic rings. The first kappa shape index (κ1) is 16.8. The van der Waals surface area contributed by atoms with E-state index in [2.05, 4.69) is 4.98 Å². The second-order valence-corrected chi connectivity index (χ2v) is 5.65. The van der Waals surface area contributed by atoms with Gasteiger partial charge in [0, 0.05) is 11.8 Å². The molecule has 4 heteroatoms. The summed E-state index contributed by atoms with van der Waals surface area (Å²) in [4.78, 5) is 16.8. The van der Waals surface area contributed by atoms with Gasteiger partial charge in [-0.05, 0) is 48.4 Å². The Morgan fingerprint density at radius 2 is 1.88 bits per heavy atom. The van der Waals surface area contributed by atoms with Crippen LogP contribution in [0, 0.1) is 5.82 Å². The van der Waals surface area contributed by atoms with Crippen LogP contribution in [-0.4, -0.2) is 11.0 Å². The largest absolute Gasteiger partial charge is 0.447 e. The molecule has 0 aliphatic heterocycles. The first-order valence-electron chi connectivity index (χ1n) is 8.13. The highest BCUT2D eigenvalue weighted by Gasteiger charge is 2.21. The second-order valence-electron chi connectivity index (χ2n) is 5.65. The van der Waals surface area contributed by atoms with E-state index in [0.29, 0.717) is 16.8 Å². The number of rotatable bonds is 5. The molecule has 0 radical (unpaired) electrons. The van der Waals surface area contributed by atoms with Gasteiger partial charge in [0.25, 0.3) is 0 Å². The van der Waals surface area contributed by atoms with E-state index in [-0.39, 0.29) is 5.82 Å². The Morgan fingerprint density at radius 1 is 1.08 bits per heavy atom. The Balaban J connectivity index is 1.90. The maximum absolute atomic E-state index is 13.6. The highest BCUT2D eigenvalue weighted by atomic mass is 19.1. The number of aromatic nitrogens is 1. The molecule has 1 atom stereocenters. The second kappa shape index (κ2) is 7.71. The number of carbonyl (C=O) groups excluding carboxylic acids is 1. The third-order valence-electron chi connectivity index (χ3n) is 3.93. The number of pyridine rings is 1. The maximum atomic E-state index is 13.6. The van der Waals surface area contributed by atoms with Crippen molar-refractivity contribution in [2.24, 2.45) is 0 Å². The van der Waals surface area contributed by atoms with Crippen molar-refractivity contribution in [1.29, 1.82) is 0 Å². The minimum atomic E-state index is -0.768. The summed E-state index contributed by atoms with van der Waals surface area (Å²) in [7, 11) is 0. The van der Waals surface area contributed by atoms with Gasteiger partial charge in [0.05, 0.1) is 11.3 Å². The van der Waals surface area contributed by atoms with Gasteiger partial charge in [-0.25, -0.2) is 9.18 Å². The highest BCUT2D eigenvalue weighted by molar-refractivity contribution is 5.89. The number of esters is 1.